The van der Waals surface area contributed by atoms with Gasteiger partial charge in [0.1, 0.15) is 11.9 Å². The predicted octanol–water partition coefficient (Wildman–Crippen LogP) is 4.78. The Morgan fingerprint density at radius 2 is 2.00 bits per heavy atom. The zero-order valence-corrected chi connectivity index (χ0v) is 20.4. The van der Waals surface area contributed by atoms with Crippen LogP contribution in [0.15, 0.2) is 54.6 Å². The normalized spacial score (nSPS) is 16.9. The number of halogens is 1. The molecule has 2 aliphatic rings. The van der Waals surface area contributed by atoms with Crippen molar-refractivity contribution in [3.05, 3.63) is 69.4 Å². The van der Waals surface area contributed by atoms with Gasteiger partial charge >= 0.3 is 6.09 Å². The molecule has 1 aromatic heterocycles. The number of hydrogen-bond acceptors (Lipinski definition) is 6. The molecule has 1 saturated heterocycles. The second kappa shape index (κ2) is 9.59. The molecule has 1 N–H and O–H groups in total. The zero-order valence-electron chi connectivity index (χ0n) is 18.8. The molecule has 0 aliphatic carbocycles. The number of carbonyl (C=O) groups is 3. The summed E-state index contributed by atoms with van der Waals surface area (Å²) in [6.07, 6.45) is -0.714. The molecule has 0 radical (unpaired) electrons. The number of carbonyl (C=O) groups excluding carboxylic acids is 3. The lowest BCUT2D eigenvalue weighted by Gasteiger charge is -2.22. The number of fused-ring (bicyclic) bond motifs is 1. The molecule has 3 amide bonds. The van der Waals surface area contributed by atoms with Gasteiger partial charge in [-0.05, 0) is 42.8 Å². The Balaban J connectivity index is 1.33. The Morgan fingerprint density at radius 1 is 1.17 bits per heavy atom. The third kappa shape index (κ3) is 4.56. The van der Waals surface area contributed by atoms with Crippen molar-refractivity contribution in [1.29, 1.82) is 0 Å². The lowest BCUT2D eigenvalue weighted by Crippen LogP contribution is -2.34. The zero-order chi connectivity index (χ0) is 24.5. The number of amides is 3. The summed E-state index contributed by atoms with van der Waals surface area (Å²) in [5.74, 6) is 0.174. The highest BCUT2D eigenvalue weighted by Gasteiger charge is 2.35. The molecule has 35 heavy (non-hydrogen) atoms. The number of ether oxygens (including phenoxy) is 2. The van der Waals surface area contributed by atoms with E-state index in [4.69, 9.17) is 21.1 Å². The van der Waals surface area contributed by atoms with E-state index in [9.17, 15) is 14.4 Å². The van der Waals surface area contributed by atoms with Crippen molar-refractivity contribution < 1.29 is 23.9 Å². The van der Waals surface area contributed by atoms with Gasteiger partial charge in [-0.3, -0.25) is 19.4 Å². The molecule has 1 fully saturated rings. The molecular formula is C25H22ClN3O5S. The summed E-state index contributed by atoms with van der Waals surface area (Å²) >= 11 is 7.07. The van der Waals surface area contributed by atoms with Crippen LogP contribution >= 0.6 is 22.9 Å². The maximum Gasteiger partial charge on any atom is 0.414 e. The topological polar surface area (TPSA) is 88.2 Å². The summed E-state index contributed by atoms with van der Waals surface area (Å²) in [6, 6.07) is 16.3. The van der Waals surface area contributed by atoms with E-state index in [-0.39, 0.29) is 24.9 Å². The van der Waals surface area contributed by atoms with Crippen molar-refractivity contribution in [2.75, 3.05) is 29.5 Å². The molecule has 2 aromatic carbocycles. The Morgan fingerprint density at radius 3 is 2.77 bits per heavy atom. The highest BCUT2D eigenvalue weighted by Crippen LogP contribution is 2.40. The highest BCUT2D eigenvalue weighted by molar-refractivity contribution is 7.18. The van der Waals surface area contributed by atoms with E-state index in [1.165, 1.54) is 16.2 Å². The summed E-state index contributed by atoms with van der Waals surface area (Å²) in [7, 11) is 0. The number of cyclic esters (lactones) is 1. The van der Waals surface area contributed by atoms with Crippen LogP contribution in [0.5, 0.6) is 5.75 Å². The van der Waals surface area contributed by atoms with Crippen LogP contribution in [0.1, 0.15) is 22.2 Å². The van der Waals surface area contributed by atoms with E-state index in [0.717, 1.165) is 11.3 Å². The van der Waals surface area contributed by atoms with Crippen LogP contribution in [0.25, 0.3) is 0 Å². The smallest absolute Gasteiger partial charge is 0.414 e. The van der Waals surface area contributed by atoms with Gasteiger partial charge in [-0.15, -0.1) is 11.3 Å². The van der Waals surface area contributed by atoms with Gasteiger partial charge in [-0.25, -0.2) is 4.79 Å². The van der Waals surface area contributed by atoms with Gasteiger partial charge in [0, 0.05) is 6.07 Å². The number of benzene rings is 2. The lowest BCUT2D eigenvalue weighted by atomic mass is 10.1. The molecule has 0 bridgehead atoms. The minimum atomic E-state index is -0.528. The van der Waals surface area contributed by atoms with Crippen molar-refractivity contribution >= 4 is 57.9 Å². The summed E-state index contributed by atoms with van der Waals surface area (Å²) < 4.78 is 11.9. The Labute approximate surface area is 211 Å². The van der Waals surface area contributed by atoms with Crippen LogP contribution in [-0.4, -0.2) is 43.7 Å². The first kappa shape index (κ1) is 23.2. The van der Waals surface area contributed by atoms with E-state index >= 15 is 0 Å². The SMILES string of the molecule is CCOc1cc(N2C(=O)Cc3ccccc32)ccc1N1CC(CNC(=O)c2ccc(Cl)s2)OC1=O. The minimum Gasteiger partial charge on any atom is -0.492 e. The fraction of sp³-hybridized carbons (Fsp3) is 0.240. The first-order valence-electron chi connectivity index (χ1n) is 11.1. The van der Waals surface area contributed by atoms with Gasteiger partial charge < -0.3 is 14.8 Å². The largest absolute Gasteiger partial charge is 0.492 e. The average molecular weight is 512 g/mol. The van der Waals surface area contributed by atoms with Crippen molar-refractivity contribution in [2.24, 2.45) is 0 Å². The van der Waals surface area contributed by atoms with Gasteiger partial charge in [0.05, 0.1) is 52.4 Å². The monoisotopic (exact) mass is 511 g/mol. The van der Waals surface area contributed by atoms with Crippen LogP contribution < -0.4 is 19.9 Å². The average Bonchev–Trinajstić information content (AvgIpc) is 3.53. The first-order valence-corrected chi connectivity index (χ1v) is 12.3. The second-order valence-electron chi connectivity index (χ2n) is 8.05. The number of nitrogens with zero attached hydrogens (tertiary/aromatic N) is 2. The Hall–Kier alpha value is -3.56. The fourth-order valence-electron chi connectivity index (χ4n) is 4.23. The summed E-state index contributed by atoms with van der Waals surface area (Å²) in [6.45, 7) is 2.64. The number of rotatable bonds is 7. The van der Waals surface area contributed by atoms with Crippen LogP contribution in [0.2, 0.25) is 4.34 Å². The molecular weight excluding hydrogens is 490 g/mol. The standard InChI is InChI=1S/C25H22ClN3O5S/c1-2-33-20-12-16(29-18-6-4-3-5-15(18)11-23(29)30)7-8-19(20)28-14-17(34-25(28)32)13-27-24(31)21-9-10-22(26)35-21/h3-10,12,17H,2,11,13-14H2,1H3,(H,27,31). The molecule has 0 spiro atoms. The second-order valence-corrected chi connectivity index (χ2v) is 9.76. The fourth-order valence-corrected chi connectivity index (χ4v) is 5.19. The minimum absolute atomic E-state index is 0.0233. The van der Waals surface area contributed by atoms with E-state index < -0.39 is 12.2 Å². The number of thiophene rings is 1. The van der Waals surface area contributed by atoms with Gasteiger partial charge in [0.25, 0.3) is 5.91 Å². The van der Waals surface area contributed by atoms with Gasteiger partial charge in [0.2, 0.25) is 5.91 Å². The molecule has 1 unspecified atom stereocenters. The maximum absolute atomic E-state index is 12.7. The summed E-state index contributed by atoms with van der Waals surface area (Å²) in [4.78, 5) is 41.3. The van der Waals surface area contributed by atoms with E-state index in [0.29, 0.717) is 39.4 Å². The van der Waals surface area contributed by atoms with Crippen molar-refractivity contribution in [3.63, 3.8) is 0 Å². The molecule has 5 rings (SSSR count). The van der Waals surface area contributed by atoms with Gasteiger partial charge in [0.15, 0.2) is 0 Å². The van der Waals surface area contributed by atoms with Crippen LogP contribution in [0.4, 0.5) is 21.9 Å². The molecule has 8 nitrogen and oxygen atoms in total. The van der Waals surface area contributed by atoms with Gasteiger partial charge in [-0.2, -0.15) is 0 Å². The lowest BCUT2D eigenvalue weighted by molar-refractivity contribution is -0.116. The maximum atomic E-state index is 12.7. The Bertz CT molecular complexity index is 1310. The van der Waals surface area contributed by atoms with Crippen LogP contribution in [0, 0.1) is 0 Å². The quantitative estimate of drug-likeness (QED) is 0.493. The van der Waals surface area contributed by atoms with Crippen molar-refractivity contribution in [2.45, 2.75) is 19.4 Å². The number of hydrogen-bond donors (Lipinski definition) is 1. The molecule has 2 aliphatic heterocycles. The van der Waals surface area contributed by atoms with E-state index in [1.54, 1.807) is 35.2 Å². The third-order valence-corrected chi connectivity index (χ3v) is 7.01. The first-order chi connectivity index (χ1) is 16.9. The number of anilines is 3. The molecule has 1 atom stereocenters. The Kier molecular flexibility index (Phi) is 6.36. The summed E-state index contributed by atoms with van der Waals surface area (Å²) in [5.41, 5.74) is 3.02. The van der Waals surface area contributed by atoms with E-state index in [1.807, 2.05) is 31.2 Å². The highest BCUT2D eigenvalue weighted by atomic mass is 35.5. The van der Waals surface area contributed by atoms with Crippen molar-refractivity contribution in [1.82, 2.24) is 5.32 Å². The molecule has 180 valence electrons. The molecule has 3 heterocycles. The number of para-hydroxylation sites is 1. The van der Waals surface area contributed by atoms with Gasteiger partial charge in [-0.1, -0.05) is 29.8 Å². The van der Waals surface area contributed by atoms with Crippen molar-refractivity contribution in [3.8, 4) is 5.75 Å². The molecule has 0 saturated carbocycles. The summed E-state index contributed by atoms with van der Waals surface area (Å²) in [5, 5.41) is 2.78. The molecule has 3 aromatic rings. The third-order valence-electron chi connectivity index (χ3n) is 5.78. The predicted molar refractivity (Wildman–Crippen MR) is 134 cm³/mol. The van der Waals surface area contributed by atoms with Crippen LogP contribution in [0.3, 0.4) is 0 Å². The van der Waals surface area contributed by atoms with E-state index in [2.05, 4.69) is 5.32 Å². The van der Waals surface area contributed by atoms with Crippen LogP contribution in [-0.2, 0) is 16.0 Å². The number of nitrogens with one attached hydrogen (secondary N) is 1. The molecule has 10 heteroatoms.